The highest BCUT2D eigenvalue weighted by Crippen LogP contribution is 2.40. The van der Waals surface area contributed by atoms with Crippen molar-refractivity contribution >= 4 is 11.4 Å². The van der Waals surface area contributed by atoms with Crippen LogP contribution in [-0.2, 0) is 0 Å². The molecule has 1 atom stereocenters. The molecule has 0 aliphatic heterocycles. The molecule has 1 N–H and O–H groups in total. The fraction of sp³-hybridized carbons (Fsp3) is 0.346. The smallest absolute Gasteiger partial charge is 0.0691 e. The Bertz CT molecular complexity index is 1020. The summed E-state index contributed by atoms with van der Waals surface area (Å²) in [5.41, 5.74) is 12.9. The third-order valence-electron chi connectivity index (χ3n) is 6.55. The van der Waals surface area contributed by atoms with E-state index in [2.05, 4.69) is 96.9 Å². The molecule has 0 saturated carbocycles. The molecular weight excluding hydrogens is 340 g/mol. The minimum Gasteiger partial charge on any atom is -0.378 e. The molecular formula is C26H32N2. The van der Waals surface area contributed by atoms with Crippen LogP contribution >= 0.6 is 0 Å². The molecule has 0 spiro atoms. The van der Waals surface area contributed by atoms with Crippen LogP contribution in [0.3, 0.4) is 0 Å². The van der Waals surface area contributed by atoms with Crippen LogP contribution in [-0.4, -0.2) is 19.8 Å². The van der Waals surface area contributed by atoms with Gasteiger partial charge in [-0.05, 0) is 81.5 Å². The Morgan fingerprint density at radius 2 is 1.54 bits per heavy atom. The molecule has 1 unspecified atom stereocenters. The Morgan fingerprint density at radius 3 is 2.11 bits per heavy atom. The molecule has 0 aromatic heterocycles. The Kier molecular flexibility index (Phi) is 5.34. The summed E-state index contributed by atoms with van der Waals surface area (Å²) in [4.78, 5) is 2.11. The van der Waals surface area contributed by atoms with Crippen LogP contribution in [0.4, 0.5) is 5.69 Å². The van der Waals surface area contributed by atoms with Gasteiger partial charge in [-0.25, -0.2) is 0 Å². The van der Waals surface area contributed by atoms with Gasteiger partial charge in [0.25, 0.3) is 0 Å². The summed E-state index contributed by atoms with van der Waals surface area (Å²) in [7, 11) is 4.11. The van der Waals surface area contributed by atoms with E-state index in [0.29, 0.717) is 5.71 Å². The number of nitrogens with zero attached hydrogens (tertiary/aromatic N) is 1. The highest BCUT2D eigenvalue weighted by atomic mass is 15.1. The van der Waals surface area contributed by atoms with Crippen molar-refractivity contribution < 1.29 is 0 Å². The maximum atomic E-state index is 9.13. The minimum atomic E-state index is 0.249. The first-order valence-corrected chi connectivity index (χ1v) is 9.97. The van der Waals surface area contributed by atoms with Crippen molar-refractivity contribution in [3.8, 4) is 0 Å². The van der Waals surface area contributed by atoms with Crippen LogP contribution < -0.4 is 4.90 Å². The summed E-state index contributed by atoms with van der Waals surface area (Å²) in [5, 5.41) is 9.13. The lowest BCUT2D eigenvalue weighted by Crippen LogP contribution is -2.14. The average Bonchev–Trinajstić information content (AvgIpc) is 2.92. The molecule has 2 nitrogen and oxygen atoms in total. The Morgan fingerprint density at radius 1 is 0.857 bits per heavy atom. The predicted octanol–water partition coefficient (Wildman–Crippen LogP) is 6.47. The summed E-state index contributed by atoms with van der Waals surface area (Å²) in [6.07, 6.45) is 2.35. The SMILES string of the molecule is CC1=CC(c2ccc(N(C)C)cc2C(=N)c2ccc(C)c(C)c2C)C(C)=C1C. The molecule has 2 heteroatoms. The first-order chi connectivity index (χ1) is 13.1. The second kappa shape index (κ2) is 7.43. The lowest BCUT2D eigenvalue weighted by molar-refractivity contribution is 0.994. The highest BCUT2D eigenvalue weighted by molar-refractivity contribution is 6.13. The summed E-state index contributed by atoms with van der Waals surface area (Å²) in [6.45, 7) is 13.0. The zero-order chi connectivity index (χ0) is 20.7. The van der Waals surface area contributed by atoms with Crippen LogP contribution in [0.25, 0.3) is 0 Å². The molecule has 1 aliphatic carbocycles. The molecule has 146 valence electrons. The zero-order valence-corrected chi connectivity index (χ0v) is 18.5. The number of hydrogen-bond acceptors (Lipinski definition) is 2. The van der Waals surface area contributed by atoms with E-state index in [1.165, 1.54) is 39.0 Å². The van der Waals surface area contributed by atoms with Gasteiger partial charge in [0.05, 0.1) is 5.71 Å². The third-order valence-corrected chi connectivity index (χ3v) is 6.55. The quantitative estimate of drug-likeness (QED) is 0.611. The van der Waals surface area contributed by atoms with Gasteiger partial charge in [0.15, 0.2) is 0 Å². The van der Waals surface area contributed by atoms with E-state index in [4.69, 9.17) is 5.41 Å². The van der Waals surface area contributed by atoms with Gasteiger partial charge in [-0.2, -0.15) is 0 Å². The molecule has 28 heavy (non-hydrogen) atoms. The molecule has 2 aromatic rings. The second-order valence-corrected chi connectivity index (χ2v) is 8.36. The fourth-order valence-electron chi connectivity index (χ4n) is 4.05. The summed E-state index contributed by atoms with van der Waals surface area (Å²) >= 11 is 0. The molecule has 0 radical (unpaired) electrons. The fourth-order valence-corrected chi connectivity index (χ4v) is 4.05. The summed E-state index contributed by atoms with van der Waals surface area (Å²) in [6, 6.07) is 10.8. The zero-order valence-electron chi connectivity index (χ0n) is 18.5. The second-order valence-electron chi connectivity index (χ2n) is 8.36. The molecule has 3 rings (SSSR count). The maximum absolute atomic E-state index is 9.13. The topological polar surface area (TPSA) is 27.1 Å². The van der Waals surface area contributed by atoms with Crippen molar-refractivity contribution in [1.82, 2.24) is 0 Å². The van der Waals surface area contributed by atoms with Gasteiger partial charge in [-0.3, -0.25) is 5.41 Å². The largest absolute Gasteiger partial charge is 0.378 e. The number of allylic oxidation sites excluding steroid dienone is 4. The Labute approximate surface area is 170 Å². The van der Waals surface area contributed by atoms with Crippen molar-refractivity contribution in [2.45, 2.75) is 47.5 Å². The number of benzene rings is 2. The number of anilines is 1. The van der Waals surface area contributed by atoms with E-state index in [1.807, 2.05) is 0 Å². The Hall–Kier alpha value is -2.61. The standard InChI is InChI=1S/C26H32N2/c1-15-9-11-22(19(5)17(15)3)26(27)25-14-21(28(7)8)10-12-23(25)24-13-16(2)18(4)20(24)6/h9-14,24,27H,1-8H3. The van der Waals surface area contributed by atoms with Crippen molar-refractivity contribution in [1.29, 1.82) is 5.41 Å². The molecule has 0 heterocycles. The number of rotatable bonds is 4. The van der Waals surface area contributed by atoms with Gasteiger partial charge >= 0.3 is 0 Å². The monoisotopic (exact) mass is 372 g/mol. The van der Waals surface area contributed by atoms with Crippen LogP contribution in [0.5, 0.6) is 0 Å². The van der Waals surface area contributed by atoms with Gasteiger partial charge < -0.3 is 4.90 Å². The first-order valence-electron chi connectivity index (χ1n) is 9.97. The van der Waals surface area contributed by atoms with Crippen LogP contribution in [0.2, 0.25) is 0 Å². The van der Waals surface area contributed by atoms with Gasteiger partial charge in [-0.1, -0.05) is 35.4 Å². The van der Waals surface area contributed by atoms with Crippen LogP contribution in [0, 0.1) is 26.2 Å². The van der Waals surface area contributed by atoms with E-state index in [1.54, 1.807) is 0 Å². The average molecular weight is 373 g/mol. The molecule has 0 amide bonds. The summed E-state index contributed by atoms with van der Waals surface area (Å²) in [5.74, 6) is 0.249. The lowest BCUT2D eigenvalue weighted by atomic mass is 9.85. The normalized spacial score (nSPS) is 16.4. The third kappa shape index (κ3) is 3.32. The van der Waals surface area contributed by atoms with Gasteiger partial charge in [0.1, 0.15) is 0 Å². The molecule has 1 aliphatic rings. The van der Waals surface area contributed by atoms with Crippen LogP contribution in [0.1, 0.15) is 60.1 Å². The van der Waals surface area contributed by atoms with Gasteiger partial charge in [0.2, 0.25) is 0 Å². The maximum Gasteiger partial charge on any atom is 0.0691 e. The Balaban J connectivity index is 2.20. The van der Waals surface area contributed by atoms with Gasteiger partial charge in [0, 0.05) is 36.8 Å². The molecule has 0 fully saturated rings. The van der Waals surface area contributed by atoms with Crippen molar-refractivity contribution in [2.75, 3.05) is 19.0 Å². The number of nitrogens with one attached hydrogen (secondary N) is 1. The van der Waals surface area contributed by atoms with Gasteiger partial charge in [-0.15, -0.1) is 0 Å². The first kappa shape index (κ1) is 20.1. The highest BCUT2D eigenvalue weighted by Gasteiger charge is 2.25. The predicted molar refractivity (Wildman–Crippen MR) is 122 cm³/mol. The van der Waals surface area contributed by atoms with E-state index >= 15 is 0 Å². The van der Waals surface area contributed by atoms with E-state index in [9.17, 15) is 0 Å². The number of aryl methyl sites for hydroxylation is 1. The van der Waals surface area contributed by atoms with Crippen molar-refractivity contribution in [2.24, 2.45) is 0 Å². The molecule has 2 aromatic carbocycles. The molecule has 0 saturated heterocycles. The van der Waals surface area contributed by atoms with E-state index in [0.717, 1.165) is 16.8 Å². The summed E-state index contributed by atoms with van der Waals surface area (Å²) < 4.78 is 0. The van der Waals surface area contributed by atoms with E-state index < -0.39 is 0 Å². The van der Waals surface area contributed by atoms with E-state index in [-0.39, 0.29) is 5.92 Å². The van der Waals surface area contributed by atoms with Crippen molar-refractivity contribution in [3.05, 3.63) is 86.5 Å². The molecule has 0 bridgehead atoms. The van der Waals surface area contributed by atoms with Crippen molar-refractivity contribution in [3.63, 3.8) is 0 Å². The lowest BCUT2D eigenvalue weighted by Gasteiger charge is -2.22. The minimum absolute atomic E-state index is 0.249. The van der Waals surface area contributed by atoms with Crippen LogP contribution in [0.15, 0.2) is 53.1 Å². The number of hydrogen-bond donors (Lipinski definition) is 1.